The molecule has 1 saturated heterocycles. The van der Waals surface area contributed by atoms with Gasteiger partial charge in [0, 0.05) is 25.2 Å². The molecule has 1 heterocycles. The van der Waals surface area contributed by atoms with E-state index in [-0.39, 0.29) is 12.1 Å². The molecule has 0 radical (unpaired) electrons. The molecule has 2 aliphatic carbocycles. The third-order valence-electron chi connectivity index (χ3n) is 5.20. The smallest absolute Gasteiger partial charge is 0.0850 e. The van der Waals surface area contributed by atoms with Gasteiger partial charge < -0.3 is 10.5 Å². The molecule has 0 spiro atoms. The Balaban J connectivity index is 1.55. The normalized spacial score (nSPS) is 40.7. The zero-order valence-corrected chi connectivity index (χ0v) is 11.7. The molecule has 3 fully saturated rings. The number of hydrogen-bond donors (Lipinski definition) is 1. The van der Waals surface area contributed by atoms with Crippen molar-refractivity contribution in [2.24, 2.45) is 17.6 Å². The molecule has 3 rings (SSSR count). The van der Waals surface area contributed by atoms with Crippen molar-refractivity contribution < 1.29 is 4.74 Å². The van der Waals surface area contributed by atoms with Crippen molar-refractivity contribution in [2.75, 3.05) is 19.7 Å². The highest BCUT2D eigenvalue weighted by molar-refractivity contribution is 4.90. The Morgan fingerprint density at radius 2 is 2.00 bits per heavy atom. The predicted molar refractivity (Wildman–Crippen MR) is 73.4 cm³/mol. The minimum Gasteiger partial charge on any atom is -0.374 e. The lowest BCUT2D eigenvalue weighted by atomic mass is 9.82. The van der Waals surface area contributed by atoms with Crippen LogP contribution in [0.1, 0.15) is 45.4 Å². The standard InChI is InChI=1S/C15H28N2O/c1-11(16)15-10-17(7-8-18-15)14-4-2-3-13(9-14)12-5-6-12/h11-15H,2-10,16H2,1H3. The first-order valence-corrected chi connectivity index (χ1v) is 7.85. The Labute approximate surface area is 111 Å². The van der Waals surface area contributed by atoms with Crippen LogP contribution in [-0.2, 0) is 4.74 Å². The summed E-state index contributed by atoms with van der Waals surface area (Å²) < 4.78 is 5.78. The molecule has 0 aromatic rings. The Hall–Kier alpha value is -0.120. The highest BCUT2D eigenvalue weighted by Gasteiger charge is 2.37. The summed E-state index contributed by atoms with van der Waals surface area (Å²) >= 11 is 0. The monoisotopic (exact) mass is 252 g/mol. The van der Waals surface area contributed by atoms with Crippen LogP contribution < -0.4 is 5.73 Å². The zero-order chi connectivity index (χ0) is 12.5. The molecule has 0 amide bonds. The second kappa shape index (κ2) is 5.48. The van der Waals surface area contributed by atoms with Gasteiger partial charge in [-0.05, 0) is 44.4 Å². The molecule has 4 atom stereocenters. The van der Waals surface area contributed by atoms with Crippen LogP contribution in [0.3, 0.4) is 0 Å². The van der Waals surface area contributed by atoms with Crippen LogP contribution in [0.25, 0.3) is 0 Å². The molecular formula is C15H28N2O. The Morgan fingerprint density at radius 3 is 2.72 bits per heavy atom. The molecule has 3 aliphatic rings. The summed E-state index contributed by atoms with van der Waals surface area (Å²) in [6.07, 6.45) is 9.02. The minimum absolute atomic E-state index is 0.163. The third-order valence-corrected chi connectivity index (χ3v) is 5.20. The van der Waals surface area contributed by atoms with Crippen molar-refractivity contribution in [3.63, 3.8) is 0 Å². The SMILES string of the molecule is CC(N)C1CN(C2CCCC(C3CC3)C2)CCO1. The lowest BCUT2D eigenvalue weighted by Gasteiger charge is -2.42. The van der Waals surface area contributed by atoms with E-state index in [0.717, 1.165) is 37.6 Å². The van der Waals surface area contributed by atoms with E-state index in [0.29, 0.717) is 0 Å². The van der Waals surface area contributed by atoms with Gasteiger partial charge in [-0.3, -0.25) is 4.90 Å². The van der Waals surface area contributed by atoms with Crippen molar-refractivity contribution in [1.29, 1.82) is 0 Å². The Bertz CT molecular complexity index is 258. The second-order valence-electron chi connectivity index (χ2n) is 6.68. The van der Waals surface area contributed by atoms with Crippen LogP contribution in [0.2, 0.25) is 0 Å². The van der Waals surface area contributed by atoms with Gasteiger partial charge in [0.1, 0.15) is 0 Å². The molecule has 3 nitrogen and oxygen atoms in total. The van der Waals surface area contributed by atoms with Crippen molar-refractivity contribution in [3.05, 3.63) is 0 Å². The van der Waals surface area contributed by atoms with E-state index in [1.165, 1.54) is 38.5 Å². The molecule has 0 aromatic heterocycles. The average molecular weight is 252 g/mol. The molecule has 0 aromatic carbocycles. The highest BCUT2D eigenvalue weighted by Crippen LogP contribution is 2.44. The number of ether oxygens (including phenoxy) is 1. The average Bonchev–Trinajstić information content (AvgIpc) is 3.23. The Morgan fingerprint density at radius 1 is 1.17 bits per heavy atom. The third kappa shape index (κ3) is 2.89. The van der Waals surface area contributed by atoms with E-state index in [1.54, 1.807) is 0 Å². The molecule has 0 bridgehead atoms. The molecule has 4 unspecified atom stereocenters. The van der Waals surface area contributed by atoms with Gasteiger partial charge in [-0.2, -0.15) is 0 Å². The molecular weight excluding hydrogens is 224 g/mol. The Kier molecular flexibility index (Phi) is 3.92. The zero-order valence-electron chi connectivity index (χ0n) is 11.7. The molecule has 104 valence electrons. The van der Waals surface area contributed by atoms with Gasteiger partial charge in [-0.15, -0.1) is 0 Å². The molecule has 2 saturated carbocycles. The fourth-order valence-corrected chi connectivity index (χ4v) is 3.87. The second-order valence-corrected chi connectivity index (χ2v) is 6.68. The summed E-state index contributed by atoms with van der Waals surface area (Å²) in [5, 5.41) is 0. The van der Waals surface area contributed by atoms with E-state index in [9.17, 15) is 0 Å². The van der Waals surface area contributed by atoms with E-state index >= 15 is 0 Å². The van der Waals surface area contributed by atoms with Crippen LogP contribution in [-0.4, -0.2) is 42.8 Å². The molecule has 18 heavy (non-hydrogen) atoms. The van der Waals surface area contributed by atoms with Crippen LogP contribution in [0.15, 0.2) is 0 Å². The summed E-state index contributed by atoms with van der Waals surface area (Å²) in [5.41, 5.74) is 5.99. The minimum atomic E-state index is 0.163. The topological polar surface area (TPSA) is 38.5 Å². The maximum atomic E-state index is 5.99. The van der Waals surface area contributed by atoms with E-state index in [1.807, 2.05) is 0 Å². The largest absolute Gasteiger partial charge is 0.374 e. The van der Waals surface area contributed by atoms with Gasteiger partial charge in [-0.25, -0.2) is 0 Å². The maximum Gasteiger partial charge on any atom is 0.0850 e. The van der Waals surface area contributed by atoms with E-state index in [2.05, 4.69) is 11.8 Å². The fourth-order valence-electron chi connectivity index (χ4n) is 3.87. The number of rotatable bonds is 3. The van der Waals surface area contributed by atoms with Gasteiger partial charge in [0.25, 0.3) is 0 Å². The van der Waals surface area contributed by atoms with E-state index < -0.39 is 0 Å². The van der Waals surface area contributed by atoms with Gasteiger partial charge in [0.15, 0.2) is 0 Å². The highest BCUT2D eigenvalue weighted by atomic mass is 16.5. The first-order valence-electron chi connectivity index (χ1n) is 7.85. The predicted octanol–water partition coefficient (Wildman–Crippen LogP) is 2.00. The lowest BCUT2D eigenvalue weighted by Crippen LogP contribution is -2.53. The van der Waals surface area contributed by atoms with Crippen LogP contribution in [0.5, 0.6) is 0 Å². The quantitative estimate of drug-likeness (QED) is 0.835. The number of hydrogen-bond acceptors (Lipinski definition) is 3. The van der Waals surface area contributed by atoms with Crippen molar-refractivity contribution in [1.82, 2.24) is 4.90 Å². The van der Waals surface area contributed by atoms with Gasteiger partial charge in [0.05, 0.1) is 12.7 Å². The summed E-state index contributed by atoms with van der Waals surface area (Å²) in [7, 11) is 0. The number of morpholine rings is 1. The van der Waals surface area contributed by atoms with Crippen LogP contribution in [0.4, 0.5) is 0 Å². The van der Waals surface area contributed by atoms with Crippen LogP contribution in [0, 0.1) is 11.8 Å². The summed E-state index contributed by atoms with van der Waals surface area (Å²) in [6, 6.07) is 0.977. The van der Waals surface area contributed by atoms with Crippen molar-refractivity contribution in [2.45, 2.75) is 63.6 Å². The number of nitrogens with two attached hydrogens (primary N) is 1. The van der Waals surface area contributed by atoms with Gasteiger partial charge in [-0.1, -0.05) is 12.8 Å². The van der Waals surface area contributed by atoms with Crippen molar-refractivity contribution >= 4 is 0 Å². The first kappa shape index (κ1) is 12.9. The van der Waals surface area contributed by atoms with Gasteiger partial charge in [0.2, 0.25) is 0 Å². The lowest BCUT2D eigenvalue weighted by molar-refractivity contribution is -0.0594. The van der Waals surface area contributed by atoms with E-state index in [4.69, 9.17) is 10.5 Å². The summed E-state index contributed by atoms with van der Waals surface area (Å²) in [5.74, 6) is 2.11. The van der Waals surface area contributed by atoms with Crippen molar-refractivity contribution in [3.8, 4) is 0 Å². The summed E-state index contributed by atoms with van der Waals surface area (Å²) in [6.45, 7) is 5.11. The van der Waals surface area contributed by atoms with Crippen LogP contribution >= 0.6 is 0 Å². The maximum absolute atomic E-state index is 5.99. The first-order chi connectivity index (χ1) is 8.74. The molecule has 3 heteroatoms. The summed E-state index contributed by atoms with van der Waals surface area (Å²) in [4.78, 5) is 2.67. The molecule has 2 N–H and O–H groups in total. The van der Waals surface area contributed by atoms with Gasteiger partial charge >= 0.3 is 0 Å². The molecule has 1 aliphatic heterocycles. The fraction of sp³-hybridized carbons (Fsp3) is 1.00. The number of nitrogens with zero attached hydrogens (tertiary/aromatic N) is 1.